The van der Waals surface area contributed by atoms with Crippen LogP contribution in [0.4, 0.5) is 4.39 Å². The molecule has 3 aromatic rings. The number of benzene rings is 1. The molecule has 0 bridgehead atoms. The van der Waals surface area contributed by atoms with Gasteiger partial charge in [-0.05, 0) is 73.5 Å². The maximum atomic E-state index is 15.4. The van der Waals surface area contributed by atoms with Crippen LogP contribution in [0.3, 0.4) is 0 Å². The number of ether oxygens (including phenoxy) is 1. The summed E-state index contributed by atoms with van der Waals surface area (Å²) in [5, 5.41) is 11.0. The zero-order valence-electron chi connectivity index (χ0n) is 19.8. The van der Waals surface area contributed by atoms with Gasteiger partial charge in [0.15, 0.2) is 5.16 Å². The monoisotopic (exact) mass is 498 g/mol. The van der Waals surface area contributed by atoms with Gasteiger partial charge in [0.25, 0.3) is 0 Å². The first-order chi connectivity index (χ1) is 17.0. The molecule has 1 unspecified atom stereocenters. The van der Waals surface area contributed by atoms with E-state index in [0.29, 0.717) is 24.2 Å². The van der Waals surface area contributed by atoms with E-state index in [4.69, 9.17) is 4.74 Å². The van der Waals surface area contributed by atoms with Gasteiger partial charge in [0.05, 0.1) is 12.6 Å². The molecule has 4 rings (SSSR count). The number of pyridine rings is 1. The molecule has 9 heteroatoms. The van der Waals surface area contributed by atoms with E-state index in [1.165, 1.54) is 0 Å². The van der Waals surface area contributed by atoms with Crippen molar-refractivity contribution in [1.82, 2.24) is 19.9 Å². The summed E-state index contributed by atoms with van der Waals surface area (Å²) in [4.78, 5) is 26.7. The van der Waals surface area contributed by atoms with Crippen LogP contribution in [0.15, 0.2) is 54.1 Å². The summed E-state index contributed by atoms with van der Waals surface area (Å²) in [6.45, 7) is 2.46. The van der Waals surface area contributed by atoms with Gasteiger partial charge in [-0.25, -0.2) is 14.4 Å². The Kier molecular flexibility index (Phi) is 8.87. The second-order valence-corrected chi connectivity index (χ2v) is 9.98. The Balaban J connectivity index is 1.35. The average molecular weight is 499 g/mol. The Labute approximate surface area is 209 Å². The molecular weight excluding hydrogens is 467 g/mol. The van der Waals surface area contributed by atoms with E-state index in [-0.39, 0.29) is 18.3 Å². The predicted octanol–water partition coefficient (Wildman–Crippen LogP) is 5.03. The number of hydrogen-bond donors (Lipinski definition) is 1. The number of methoxy groups -OCH3 is 1. The summed E-state index contributed by atoms with van der Waals surface area (Å²) in [5.41, 5.74) is 1.35. The van der Waals surface area contributed by atoms with Crippen LogP contribution in [0.1, 0.15) is 37.4 Å². The van der Waals surface area contributed by atoms with Gasteiger partial charge in [-0.2, -0.15) is 0 Å². The van der Waals surface area contributed by atoms with Crippen molar-refractivity contribution in [1.29, 1.82) is 0 Å². The fraction of sp³-hybridized carbons (Fsp3) is 0.462. The molecule has 1 N–H and O–H groups in total. The topological polar surface area (TPSA) is 88.4 Å². The largest absolute Gasteiger partial charge is 0.497 e. The van der Waals surface area contributed by atoms with E-state index in [9.17, 15) is 9.90 Å². The third-order valence-electron chi connectivity index (χ3n) is 6.70. The Morgan fingerprint density at radius 3 is 2.83 bits per heavy atom. The summed E-state index contributed by atoms with van der Waals surface area (Å²) < 4.78 is 20.7. The quantitative estimate of drug-likeness (QED) is 0.291. The SMILES string of the molecule is COc1ccc2nccc(C(F)CC[C@@H]3CCN(CCSc4ncccn4)C[C@@H]3CC(=O)O)c2c1. The number of aromatic nitrogens is 3. The zero-order chi connectivity index (χ0) is 24.6. The van der Waals surface area contributed by atoms with E-state index in [1.807, 2.05) is 18.2 Å². The molecule has 186 valence electrons. The van der Waals surface area contributed by atoms with Gasteiger partial charge in [-0.15, -0.1) is 0 Å². The van der Waals surface area contributed by atoms with Crippen molar-refractivity contribution >= 4 is 28.6 Å². The molecule has 1 fully saturated rings. The number of rotatable bonds is 11. The van der Waals surface area contributed by atoms with Gasteiger partial charge in [0.1, 0.15) is 11.9 Å². The van der Waals surface area contributed by atoms with Crippen molar-refractivity contribution < 1.29 is 19.0 Å². The molecule has 0 amide bonds. The molecule has 35 heavy (non-hydrogen) atoms. The number of carboxylic acids is 1. The van der Waals surface area contributed by atoms with Crippen LogP contribution in [0, 0.1) is 11.8 Å². The highest BCUT2D eigenvalue weighted by atomic mass is 32.2. The third kappa shape index (κ3) is 6.89. The molecule has 3 atom stereocenters. The van der Waals surface area contributed by atoms with Crippen LogP contribution < -0.4 is 4.74 Å². The van der Waals surface area contributed by atoms with Crippen molar-refractivity contribution in [2.75, 3.05) is 32.5 Å². The van der Waals surface area contributed by atoms with Crippen molar-refractivity contribution in [3.05, 3.63) is 54.5 Å². The standard InChI is InChI=1S/C26H31FN4O3S/c1-34-20-4-6-24-22(16-20)21(7-11-28-24)23(27)5-3-18-8-12-31(17-19(18)15-25(32)33)13-14-35-26-29-9-2-10-30-26/h2,4,6-7,9-11,16,18-19,23H,3,5,8,12-15,17H2,1H3,(H,32,33)/t18-,19+,23?/m1/s1. The molecule has 0 spiro atoms. The molecule has 0 aliphatic carbocycles. The normalized spacial score (nSPS) is 19.5. The summed E-state index contributed by atoms with van der Waals surface area (Å²) >= 11 is 1.60. The number of hydrogen-bond acceptors (Lipinski definition) is 7. The maximum absolute atomic E-state index is 15.4. The van der Waals surface area contributed by atoms with Gasteiger partial charge < -0.3 is 14.7 Å². The molecular formula is C26H31FN4O3S. The summed E-state index contributed by atoms with van der Waals surface area (Å²) in [5.74, 6) is 0.927. The molecule has 3 heterocycles. The van der Waals surface area contributed by atoms with Crippen LogP contribution in [0.2, 0.25) is 0 Å². The van der Waals surface area contributed by atoms with E-state index in [1.54, 1.807) is 49.6 Å². The smallest absolute Gasteiger partial charge is 0.303 e. The maximum Gasteiger partial charge on any atom is 0.303 e. The summed E-state index contributed by atoms with van der Waals surface area (Å²) in [6, 6.07) is 9.01. The van der Waals surface area contributed by atoms with Gasteiger partial charge in [0.2, 0.25) is 0 Å². The fourth-order valence-corrected chi connectivity index (χ4v) is 5.69. The van der Waals surface area contributed by atoms with Crippen LogP contribution in [0.5, 0.6) is 5.75 Å². The van der Waals surface area contributed by atoms with Crippen molar-refractivity contribution in [3.8, 4) is 5.75 Å². The lowest BCUT2D eigenvalue weighted by Gasteiger charge is -2.38. The van der Waals surface area contributed by atoms with Gasteiger partial charge in [-0.1, -0.05) is 11.8 Å². The number of carboxylic acid groups (broad SMARTS) is 1. The van der Waals surface area contributed by atoms with Crippen LogP contribution in [-0.4, -0.2) is 63.4 Å². The van der Waals surface area contributed by atoms with Crippen molar-refractivity contribution in [3.63, 3.8) is 0 Å². The minimum Gasteiger partial charge on any atom is -0.497 e. The Morgan fingerprint density at radius 1 is 1.23 bits per heavy atom. The Hall–Kier alpha value is -2.78. The average Bonchev–Trinajstić information content (AvgIpc) is 2.87. The molecule has 1 aliphatic rings. The summed E-state index contributed by atoms with van der Waals surface area (Å²) in [6.07, 6.45) is 5.97. The molecule has 0 radical (unpaired) electrons. The first kappa shape index (κ1) is 25.3. The highest BCUT2D eigenvalue weighted by Gasteiger charge is 2.31. The Bertz CT molecular complexity index is 1120. The number of fused-ring (bicyclic) bond motifs is 1. The van der Waals surface area contributed by atoms with E-state index >= 15 is 4.39 Å². The molecule has 7 nitrogen and oxygen atoms in total. The zero-order valence-corrected chi connectivity index (χ0v) is 20.7. The van der Waals surface area contributed by atoms with E-state index in [2.05, 4.69) is 19.9 Å². The molecule has 0 saturated carbocycles. The number of nitrogens with zero attached hydrogens (tertiary/aromatic N) is 4. The van der Waals surface area contributed by atoms with Gasteiger partial charge >= 0.3 is 5.97 Å². The van der Waals surface area contributed by atoms with E-state index in [0.717, 1.165) is 47.9 Å². The van der Waals surface area contributed by atoms with Crippen LogP contribution in [-0.2, 0) is 4.79 Å². The minimum absolute atomic E-state index is 0.0145. The van der Waals surface area contributed by atoms with Crippen molar-refractivity contribution in [2.24, 2.45) is 11.8 Å². The van der Waals surface area contributed by atoms with E-state index < -0.39 is 12.1 Å². The number of likely N-dealkylation sites (tertiary alicyclic amines) is 1. The number of alkyl halides is 1. The molecule has 2 aromatic heterocycles. The minimum atomic E-state index is -1.14. The second-order valence-electron chi connectivity index (χ2n) is 8.92. The summed E-state index contributed by atoms with van der Waals surface area (Å²) in [7, 11) is 1.59. The van der Waals surface area contributed by atoms with Crippen LogP contribution >= 0.6 is 11.8 Å². The second kappa shape index (κ2) is 12.3. The van der Waals surface area contributed by atoms with Gasteiger partial charge in [0, 0.05) is 49.2 Å². The van der Waals surface area contributed by atoms with Crippen LogP contribution in [0.25, 0.3) is 10.9 Å². The van der Waals surface area contributed by atoms with Gasteiger partial charge in [-0.3, -0.25) is 9.78 Å². The lowest BCUT2D eigenvalue weighted by molar-refractivity contribution is -0.139. The predicted molar refractivity (Wildman–Crippen MR) is 134 cm³/mol. The highest BCUT2D eigenvalue weighted by Crippen LogP contribution is 2.36. The lowest BCUT2D eigenvalue weighted by atomic mass is 9.79. The lowest BCUT2D eigenvalue weighted by Crippen LogP contribution is -2.42. The number of halogens is 1. The van der Waals surface area contributed by atoms with Crippen molar-refractivity contribution in [2.45, 2.75) is 37.0 Å². The first-order valence-electron chi connectivity index (χ1n) is 11.9. The third-order valence-corrected chi connectivity index (χ3v) is 7.56. The number of aliphatic carboxylic acids is 1. The first-order valence-corrected chi connectivity index (χ1v) is 12.9. The molecule has 1 aliphatic heterocycles. The highest BCUT2D eigenvalue weighted by molar-refractivity contribution is 7.99. The molecule has 1 saturated heterocycles. The number of piperidine rings is 1. The number of carbonyl (C=O) groups is 1. The number of thioether (sulfide) groups is 1. The fourth-order valence-electron chi connectivity index (χ4n) is 4.88. The Morgan fingerprint density at radius 2 is 2.06 bits per heavy atom. The molecule has 1 aromatic carbocycles.